The number of hydrogen-bond donors (Lipinski definition) is 2. The Bertz CT molecular complexity index is 401. The number of nitrogen functional groups attached to an aromatic ring is 1. The van der Waals surface area contributed by atoms with Gasteiger partial charge in [0.2, 0.25) is 0 Å². The van der Waals surface area contributed by atoms with Gasteiger partial charge in [0.15, 0.2) is 0 Å². The SMILES string of the molecule is CC1(C)CCC(NCc2ccc(N)cc2F)C1. The molecule has 3 N–H and O–H groups in total. The Hall–Kier alpha value is -1.09. The molecule has 94 valence electrons. The Labute approximate surface area is 102 Å². The van der Waals surface area contributed by atoms with E-state index in [0.29, 0.717) is 29.3 Å². The molecule has 0 aromatic heterocycles. The number of nitrogens with one attached hydrogen (secondary N) is 1. The molecule has 1 atom stereocenters. The molecule has 0 saturated heterocycles. The van der Waals surface area contributed by atoms with E-state index < -0.39 is 0 Å². The first-order valence-corrected chi connectivity index (χ1v) is 6.24. The molecule has 1 saturated carbocycles. The van der Waals surface area contributed by atoms with Gasteiger partial charge in [-0.25, -0.2) is 4.39 Å². The maximum Gasteiger partial charge on any atom is 0.129 e. The number of nitrogens with two attached hydrogens (primary N) is 1. The van der Waals surface area contributed by atoms with Gasteiger partial charge in [-0.05, 0) is 36.8 Å². The van der Waals surface area contributed by atoms with Crippen molar-refractivity contribution >= 4 is 5.69 Å². The minimum absolute atomic E-state index is 0.213. The monoisotopic (exact) mass is 236 g/mol. The predicted molar refractivity (Wildman–Crippen MR) is 69.1 cm³/mol. The summed E-state index contributed by atoms with van der Waals surface area (Å²) in [4.78, 5) is 0. The average molecular weight is 236 g/mol. The van der Waals surface area contributed by atoms with E-state index in [9.17, 15) is 4.39 Å². The number of hydrogen-bond acceptors (Lipinski definition) is 2. The van der Waals surface area contributed by atoms with Crippen LogP contribution in [0.25, 0.3) is 0 Å². The topological polar surface area (TPSA) is 38.0 Å². The van der Waals surface area contributed by atoms with E-state index >= 15 is 0 Å². The van der Waals surface area contributed by atoms with E-state index in [1.165, 1.54) is 25.3 Å². The van der Waals surface area contributed by atoms with Crippen LogP contribution in [0, 0.1) is 11.2 Å². The highest BCUT2D eigenvalue weighted by atomic mass is 19.1. The minimum Gasteiger partial charge on any atom is -0.399 e. The van der Waals surface area contributed by atoms with Crippen molar-refractivity contribution in [3.05, 3.63) is 29.6 Å². The molecule has 0 aliphatic heterocycles. The number of benzene rings is 1. The van der Waals surface area contributed by atoms with Gasteiger partial charge >= 0.3 is 0 Å². The van der Waals surface area contributed by atoms with Gasteiger partial charge in [-0.1, -0.05) is 19.9 Å². The smallest absolute Gasteiger partial charge is 0.129 e. The van der Waals surface area contributed by atoms with Crippen LogP contribution in [0.15, 0.2) is 18.2 Å². The zero-order valence-electron chi connectivity index (χ0n) is 10.6. The largest absolute Gasteiger partial charge is 0.399 e. The van der Waals surface area contributed by atoms with Crippen molar-refractivity contribution in [3.63, 3.8) is 0 Å². The molecule has 1 aliphatic rings. The highest BCUT2D eigenvalue weighted by Crippen LogP contribution is 2.37. The molecule has 2 rings (SSSR count). The van der Waals surface area contributed by atoms with Crippen molar-refractivity contribution in [2.24, 2.45) is 5.41 Å². The van der Waals surface area contributed by atoms with Crippen LogP contribution in [0.2, 0.25) is 0 Å². The maximum absolute atomic E-state index is 13.6. The van der Waals surface area contributed by atoms with Crippen LogP contribution in [-0.4, -0.2) is 6.04 Å². The second-order valence-corrected chi connectivity index (χ2v) is 5.84. The summed E-state index contributed by atoms with van der Waals surface area (Å²) in [6.07, 6.45) is 3.60. The fourth-order valence-electron chi connectivity index (χ4n) is 2.57. The van der Waals surface area contributed by atoms with Crippen LogP contribution in [0.3, 0.4) is 0 Å². The summed E-state index contributed by atoms with van der Waals surface area (Å²) >= 11 is 0. The highest BCUT2D eigenvalue weighted by molar-refractivity contribution is 5.40. The second-order valence-electron chi connectivity index (χ2n) is 5.84. The van der Waals surface area contributed by atoms with E-state index in [0.717, 1.165) is 0 Å². The molecule has 3 heteroatoms. The third kappa shape index (κ3) is 3.19. The molecule has 2 nitrogen and oxygen atoms in total. The van der Waals surface area contributed by atoms with Crippen LogP contribution in [0.1, 0.15) is 38.7 Å². The minimum atomic E-state index is -0.213. The standard InChI is InChI=1S/C14H21FN2/c1-14(2)6-5-12(8-14)17-9-10-3-4-11(16)7-13(10)15/h3-4,7,12,17H,5-6,8-9,16H2,1-2H3. The van der Waals surface area contributed by atoms with Gasteiger partial charge < -0.3 is 11.1 Å². The Morgan fingerprint density at radius 2 is 2.24 bits per heavy atom. The van der Waals surface area contributed by atoms with Gasteiger partial charge in [-0.2, -0.15) is 0 Å². The lowest BCUT2D eigenvalue weighted by atomic mass is 9.92. The summed E-state index contributed by atoms with van der Waals surface area (Å²) in [7, 11) is 0. The molecule has 0 amide bonds. The molecule has 0 spiro atoms. The Morgan fingerprint density at radius 3 is 2.82 bits per heavy atom. The zero-order chi connectivity index (χ0) is 12.5. The molecule has 17 heavy (non-hydrogen) atoms. The molecular formula is C14H21FN2. The van der Waals surface area contributed by atoms with Crippen molar-refractivity contribution in [2.45, 2.75) is 45.7 Å². The molecule has 1 aliphatic carbocycles. The lowest BCUT2D eigenvalue weighted by Crippen LogP contribution is -2.27. The van der Waals surface area contributed by atoms with Crippen molar-refractivity contribution < 1.29 is 4.39 Å². The molecule has 0 bridgehead atoms. The van der Waals surface area contributed by atoms with E-state index in [2.05, 4.69) is 19.2 Å². The van der Waals surface area contributed by atoms with E-state index in [1.54, 1.807) is 12.1 Å². The zero-order valence-corrected chi connectivity index (χ0v) is 10.6. The van der Waals surface area contributed by atoms with Crippen LogP contribution in [-0.2, 0) is 6.54 Å². The lowest BCUT2D eigenvalue weighted by Gasteiger charge is -2.18. The summed E-state index contributed by atoms with van der Waals surface area (Å²) in [6.45, 7) is 5.17. The second kappa shape index (κ2) is 4.65. The first kappa shape index (κ1) is 12.4. The van der Waals surface area contributed by atoms with Crippen LogP contribution < -0.4 is 11.1 Å². The van der Waals surface area contributed by atoms with E-state index in [4.69, 9.17) is 5.73 Å². The third-order valence-corrected chi connectivity index (χ3v) is 3.63. The third-order valence-electron chi connectivity index (χ3n) is 3.63. The van der Waals surface area contributed by atoms with Crippen molar-refractivity contribution in [1.29, 1.82) is 0 Å². The first-order valence-electron chi connectivity index (χ1n) is 6.24. The quantitative estimate of drug-likeness (QED) is 0.791. The fourth-order valence-corrected chi connectivity index (χ4v) is 2.57. The number of anilines is 1. The Balaban J connectivity index is 1.90. The summed E-state index contributed by atoms with van der Waals surface area (Å²) < 4.78 is 13.6. The van der Waals surface area contributed by atoms with Gasteiger partial charge in [-0.3, -0.25) is 0 Å². The highest BCUT2D eigenvalue weighted by Gasteiger charge is 2.30. The van der Waals surface area contributed by atoms with E-state index in [-0.39, 0.29) is 5.82 Å². The Morgan fingerprint density at radius 1 is 1.47 bits per heavy atom. The molecule has 1 aromatic carbocycles. The van der Waals surface area contributed by atoms with Gasteiger partial charge in [0.1, 0.15) is 5.82 Å². The first-order chi connectivity index (χ1) is 7.96. The van der Waals surface area contributed by atoms with Gasteiger partial charge in [-0.15, -0.1) is 0 Å². The number of rotatable bonds is 3. The van der Waals surface area contributed by atoms with Gasteiger partial charge in [0, 0.05) is 23.8 Å². The molecule has 0 heterocycles. The van der Waals surface area contributed by atoms with Crippen molar-refractivity contribution in [3.8, 4) is 0 Å². The molecule has 1 fully saturated rings. The maximum atomic E-state index is 13.6. The van der Waals surface area contributed by atoms with Crippen LogP contribution >= 0.6 is 0 Å². The van der Waals surface area contributed by atoms with Crippen LogP contribution in [0.4, 0.5) is 10.1 Å². The van der Waals surface area contributed by atoms with Crippen molar-refractivity contribution in [1.82, 2.24) is 5.32 Å². The summed E-state index contributed by atoms with van der Waals surface area (Å²) in [5.74, 6) is -0.213. The van der Waals surface area contributed by atoms with E-state index in [1.807, 2.05) is 0 Å². The Kier molecular flexibility index (Phi) is 3.38. The summed E-state index contributed by atoms with van der Waals surface area (Å²) in [6, 6.07) is 5.41. The molecule has 0 radical (unpaired) electrons. The van der Waals surface area contributed by atoms with Crippen LogP contribution in [0.5, 0.6) is 0 Å². The molecule has 1 unspecified atom stereocenters. The van der Waals surface area contributed by atoms with Gasteiger partial charge in [0.05, 0.1) is 0 Å². The average Bonchev–Trinajstić information content (AvgIpc) is 2.57. The lowest BCUT2D eigenvalue weighted by molar-refractivity contribution is 0.363. The normalized spacial score (nSPS) is 22.9. The molecular weight excluding hydrogens is 215 g/mol. The summed E-state index contributed by atoms with van der Waals surface area (Å²) in [5.41, 5.74) is 7.13. The summed E-state index contributed by atoms with van der Waals surface area (Å²) in [5, 5.41) is 3.43. The van der Waals surface area contributed by atoms with Crippen molar-refractivity contribution in [2.75, 3.05) is 5.73 Å². The predicted octanol–water partition coefficient (Wildman–Crippen LogP) is 3.08. The van der Waals surface area contributed by atoms with Gasteiger partial charge in [0.25, 0.3) is 0 Å². The number of halogens is 1. The fraction of sp³-hybridized carbons (Fsp3) is 0.571. The molecule has 1 aromatic rings.